The minimum absolute atomic E-state index is 0.0677. The van der Waals surface area contributed by atoms with Gasteiger partial charge in [0.05, 0.1) is 12.4 Å². The van der Waals surface area contributed by atoms with Gasteiger partial charge in [0.15, 0.2) is 0 Å². The highest BCUT2D eigenvalue weighted by molar-refractivity contribution is 7.89. The first kappa shape index (κ1) is 17.7. The summed E-state index contributed by atoms with van der Waals surface area (Å²) in [6.45, 7) is 5.55. The molecular formula is C14H24N2O4S. The lowest BCUT2D eigenvalue weighted by Crippen LogP contribution is -2.37. The number of rotatable bonds is 10. The van der Waals surface area contributed by atoms with Crippen molar-refractivity contribution in [2.24, 2.45) is 0 Å². The molecule has 0 aliphatic carbocycles. The van der Waals surface area contributed by atoms with E-state index >= 15 is 0 Å². The Morgan fingerprint density at radius 2 is 2.00 bits per heavy atom. The number of nitrogens with two attached hydrogens (primary N) is 1. The van der Waals surface area contributed by atoms with Gasteiger partial charge in [0.1, 0.15) is 12.4 Å². The van der Waals surface area contributed by atoms with Crippen LogP contribution in [0.15, 0.2) is 24.3 Å². The van der Waals surface area contributed by atoms with Crippen LogP contribution in [0.4, 0.5) is 5.69 Å². The molecule has 120 valence electrons. The van der Waals surface area contributed by atoms with Gasteiger partial charge < -0.3 is 15.2 Å². The first-order valence-corrected chi connectivity index (χ1v) is 8.64. The van der Waals surface area contributed by atoms with Crippen molar-refractivity contribution in [2.75, 3.05) is 44.4 Å². The summed E-state index contributed by atoms with van der Waals surface area (Å²) in [5.41, 5.74) is 6.22. The minimum atomic E-state index is -3.34. The Balaban J connectivity index is 2.47. The quantitative estimate of drug-likeness (QED) is 0.520. The molecule has 0 fully saturated rings. The van der Waals surface area contributed by atoms with Crippen LogP contribution in [0.5, 0.6) is 5.75 Å². The highest BCUT2D eigenvalue weighted by Crippen LogP contribution is 2.14. The van der Waals surface area contributed by atoms with Gasteiger partial charge in [0, 0.05) is 31.5 Å². The topological polar surface area (TPSA) is 81.9 Å². The lowest BCUT2D eigenvalue weighted by atomic mass is 10.3. The zero-order valence-corrected chi connectivity index (χ0v) is 13.4. The van der Waals surface area contributed by atoms with E-state index in [2.05, 4.69) is 0 Å². The summed E-state index contributed by atoms with van der Waals surface area (Å²) in [6, 6.07) is 6.92. The molecule has 21 heavy (non-hydrogen) atoms. The molecule has 0 heterocycles. The molecule has 0 aliphatic rings. The molecule has 0 saturated carbocycles. The zero-order valence-electron chi connectivity index (χ0n) is 12.6. The molecule has 2 N–H and O–H groups in total. The molecule has 0 spiro atoms. The predicted octanol–water partition coefficient (Wildman–Crippen LogP) is 1.34. The Kier molecular flexibility index (Phi) is 7.49. The van der Waals surface area contributed by atoms with Gasteiger partial charge in [-0.2, -0.15) is 4.31 Å². The summed E-state index contributed by atoms with van der Waals surface area (Å²) in [5.74, 6) is 0.504. The second kappa shape index (κ2) is 8.86. The number of benzene rings is 1. The van der Waals surface area contributed by atoms with Gasteiger partial charge in [-0.05, 0) is 19.1 Å². The smallest absolute Gasteiger partial charge is 0.217 e. The minimum Gasteiger partial charge on any atom is -0.492 e. The molecule has 0 radical (unpaired) electrons. The molecule has 1 aromatic rings. The van der Waals surface area contributed by atoms with Gasteiger partial charge in [0.2, 0.25) is 10.0 Å². The van der Waals surface area contributed by atoms with E-state index in [0.717, 1.165) is 0 Å². The van der Waals surface area contributed by atoms with Crippen LogP contribution in [-0.2, 0) is 14.8 Å². The maximum atomic E-state index is 12.2. The van der Waals surface area contributed by atoms with Crippen molar-refractivity contribution in [1.29, 1.82) is 0 Å². The third-order valence-electron chi connectivity index (χ3n) is 2.90. The number of nitrogens with zero attached hydrogens (tertiary/aromatic N) is 1. The maximum absolute atomic E-state index is 12.2. The van der Waals surface area contributed by atoms with Crippen LogP contribution in [0.3, 0.4) is 0 Å². The number of sulfonamides is 1. The molecule has 0 aromatic heterocycles. The Morgan fingerprint density at radius 1 is 1.24 bits per heavy atom. The van der Waals surface area contributed by atoms with E-state index in [1.165, 1.54) is 4.31 Å². The van der Waals surface area contributed by atoms with Crippen molar-refractivity contribution in [3.63, 3.8) is 0 Å². The van der Waals surface area contributed by atoms with Gasteiger partial charge in [-0.3, -0.25) is 0 Å². The average Bonchev–Trinajstić information content (AvgIpc) is 2.43. The van der Waals surface area contributed by atoms with E-state index in [-0.39, 0.29) is 12.4 Å². The summed E-state index contributed by atoms with van der Waals surface area (Å²) >= 11 is 0. The van der Waals surface area contributed by atoms with Crippen LogP contribution in [-0.4, -0.2) is 51.4 Å². The van der Waals surface area contributed by atoms with Crippen LogP contribution in [0.25, 0.3) is 0 Å². The van der Waals surface area contributed by atoms with E-state index in [9.17, 15) is 8.42 Å². The van der Waals surface area contributed by atoms with Crippen molar-refractivity contribution in [2.45, 2.75) is 13.8 Å². The van der Waals surface area contributed by atoms with Crippen molar-refractivity contribution in [3.05, 3.63) is 24.3 Å². The fraction of sp³-hybridized carbons (Fsp3) is 0.571. The summed E-state index contributed by atoms with van der Waals surface area (Å²) in [6.07, 6.45) is 0. The van der Waals surface area contributed by atoms with Gasteiger partial charge in [-0.25, -0.2) is 8.42 Å². The SMILES string of the molecule is CCOCCN(CC)S(=O)(=O)CCOc1cccc(N)c1. The number of ether oxygens (including phenoxy) is 2. The first-order chi connectivity index (χ1) is 9.99. The van der Waals surface area contributed by atoms with E-state index < -0.39 is 10.0 Å². The van der Waals surface area contributed by atoms with Crippen molar-refractivity contribution < 1.29 is 17.9 Å². The monoisotopic (exact) mass is 316 g/mol. The average molecular weight is 316 g/mol. The van der Waals surface area contributed by atoms with Crippen LogP contribution in [0.1, 0.15) is 13.8 Å². The molecule has 6 nitrogen and oxygen atoms in total. The fourth-order valence-electron chi connectivity index (χ4n) is 1.80. The van der Waals surface area contributed by atoms with Gasteiger partial charge in [-0.15, -0.1) is 0 Å². The zero-order chi connectivity index (χ0) is 15.7. The summed E-state index contributed by atoms with van der Waals surface area (Å²) in [5, 5.41) is 0. The molecule has 0 saturated heterocycles. The third-order valence-corrected chi connectivity index (χ3v) is 4.81. The number of nitrogen functional groups attached to an aromatic ring is 1. The first-order valence-electron chi connectivity index (χ1n) is 7.03. The van der Waals surface area contributed by atoms with E-state index in [0.29, 0.717) is 37.7 Å². The van der Waals surface area contributed by atoms with Crippen molar-refractivity contribution >= 4 is 15.7 Å². The molecule has 0 bridgehead atoms. The Bertz CT molecular complexity index is 519. The molecule has 1 rings (SSSR count). The number of hydrogen-bond donors (Lipinski definition) is 1. The van der Waals surface area contributed by atoms with Crippen molar-refractivity contribution in [3.8, 4) is 5.75 Å². The van der Waals surface area contributed by atoms with Crippen LogP contribution < -0.4 is 10.5 Å². The lowest BCUT2D eigenvalue weighted by molar-refractivity contribution is 0.135. The number of anilines is 1. The van der Waals surface area contributed by atoms with Crippen LogP contribution >= 0.6 is 0 Å². The molecule has 7 heteroatoms. The molecular weight excluding hydrogens is 292 g/mol. The largest absolute Gasteiger partial charge is 0.492 e. The van der Waals surface area contributed by atoms with Gasteiger partial charge >= 0.3 is 0 Å². The van der Waals surface area contributed by atoms with E-state index in [1.54, 1.807) is 24.3 Å². The Hall–Kier alpha value is -1.31. The standard InChI is InChI=1S/C14H24N2O4S/c1-3-16(8-9-19-4-2)21(17,18)11-10-20-14-7-5-6-13(15)12-14/h5-7,12H,3-4,8-11,15H2,1-2H3. The second-order valence-electron chi connectivity index (χ2n) is 4.43. The molecule has 1 aromatic carbocycles. The van der Waals surface area contributed by atoms with E-state index in [1.807, 2.05) is 13.8 Å². The Morgan fingerprint density at radius 3 is 2.62 bits per heavy atom. The predicted molar refractivity (Wildman–Crippen MR) is 83.9 cm³/mol. The molecule has 0 aliphatic heterocycles. The third kappa shape index (κ3) is 6.33. The molecule has 0 unspecified atom stereocenters. The van der Waals surface area contributed by atoms with E-state index in [4.69, 9.17) is 15.2 Å². The fourth-order valence-corrected chi connectivity index (χ4v) is 3.10. The highest BCUT2D eigenvalue weighted by Gasteiger charge is 2.20. The number of hydrogen-bond acceptors (Lipinski definition) is 5. The Labute approximate surface area is 126 Å². The second-order valence-corrected chi connectivity index (χ2v) is 6.51. The number of likely N-dealkylation sites (N-methyl/N-ethyl adjacent to an activating group) is 1. The lowest BCUT2D eigenvalue weighted by Gasteiger charge is -2.20. The summed E-state index contributed by atoms with van der Waals surface area (Å²) in [7, 11) is -3.34. The van der Waals surface area contributed by atoms with Crippen LogP contribution in [0, 0.1) is 0 Å². The van der Waals surface area contributed by atoms with Crippen molar-refractivity contribution in [1.82, 2.24) is 4.31 Å². The van der Waals surface area contributed by atoms with Gasteiger partial charge in [0.25, 0.3) is 0 Å². The molecule has 0 amide bonds. The summed E-state index contributed by atoms with van der Waals surface area (Å²) < 4.78 is 36.4. The maximum Gasteiger partial charge on any atom is 0.217 e. The van der Waals surface area contributed by atoms with Crippen LogP contribution in [0.2, 0.25) is 0 Å². The summed E-state index contributed by atoms with van der Waals surface area (Å²) in [4.78, 5) is 0. The molecule has 0 atom stereocenters. The highest BCUT2D eigenvalue weighted by atomic mass is 32.2. The van der Waals surface area contributed by atoms with Gasteiger partial charge in [-0.1, -0.05) is 13.0 Å². The normalized spacial score (nSPS) is 11.8.